The van der Waals surface area contributed by atoms with E-state index in [4.69, 9.17) is 14.4 Å². The van der Waals surface area contributed by atoms with E-state index < -0.39 is 18.0 Å². The fraction of sp³-hybridized carbons (Fsp3) is 0.545. The SMILES string of the molecule is Cc1cc(CNC(=O)N2CCOCC2C(=O)O)no1. The molecule has 1 saturated heterocycles. The number of aliphatic carboxylic acids is 1. The van der Waals surface area contributed by atoms with E-state index in [1.807, 2.05) is 0 Å². The largest absolute Gasteiger partial charge is 0.480 e. The molecule has 1 fully saturated rings. The van der Waals surface area contributed by atoms with Gasteiger partial charge in [0.2, 0.25) is 0 Å². The number of morpholine rings is 1. The van der Waals surface area contributed by atoms with Crippen molar-refractivity contribution >= 4 is 12.0 Å². The number of ether oxygens (including phenoxy) is 1. The third kappa shape index (κ3) is 3.22. The summed E-state index contributed by atoms with van der Waals surface area (Å²) in [6, 6.07) is 0.304. The second-order valence-electron chi connectivity index (χ2n) is 4.21. The number of aryl methyl sites for hydroxylation is 1. The van der Waals surface area contributed by atoms with Crippen LogP contribution in [0.4, 0.5) is 4.79 Å². The van der Waals surface area contributed by atoms with E-state index in [0.29, 0.717) is 18.1 Å². The number of carboxylic acids is 1. The van der Waals surface area contributed by atoms with E-state index in [1.165, 1.54) is 4.90 Å². The predicted molar refractivity (Wildman–Crippen MR) is 62.4 cm³/mol. The van der Waals surface area contributed by atoms with Gasteiger partial charge in [0.15, 0.2) is 6.04 Å². The van der Waals surface area contributed by atoms with Gasteiger partial charge in [-0.25, -0.2) is 9.59 Å². The lowest BCUT2D eigenvalue weighted by atomic mass is 10.2. The Labute approximate surface area is 109 Å². The first-order valence-electron chi connectivity index (χ1n) is 5.85. The number of nitrogens with zero attached hydrogens (tertiary/aromatic N) is 2. The maximum atomic E-state index is 11.9. The van der Waals surface area contributed by atoms with Crippen LogP contribution < -0.4 is 5.32 Å². The zero-order valence-electron chi connectivity index (χ0n) is 10.5. The molecule has 19 heavy (non-hydrogen) atoms. The van der Waals surface area contributed by atoms with Crippen LogP contribution in [0.15, 0.2) is 10.6 Å². The number of aromatic nitrogens is 1. The van der Waals surface area contributed by atoms with Crippen molar-refractivity contribution in [3.63, 3.8) is 0 Å². The Balaban J connectivity index is 1.92. The molecule has 0 radical (unpaired) electrons. The van der Waals surface area contributed by atoms with Crippen LogP contribution in [0.1, 0.15) is 11.5 Å². The fourth-order valence-corrected chi connectivity index (χ4v) is 1.82. The van der Waals surface area contributed by atoms with Crippen molar-refractivity contribution in [1.82, 2.24) is 15.4 Å². The van der Waals surface area contributed by atoms with Crippen LogP contribution in [0.2, 0.25) is 0 Å². The average molecular weight is 269 g/mol. The first-order valence-corrected chi connectivity index (χ1v) is 5.85. The predicted octanol–water partition coefficient (Wildman–Crippen LogP) is -0.0220. The molecule has 104 valence electrons. The molecule has 1 aliphatic rings. The van der Waals surface area contributed by atoms with Gasteiger partial charge in [-0.3, -0.25) is 0 Å². The zero-order valence-corrected chi connectivity index (χ0v) is 10.5. The van der Waals surface area contributed by atoms with E-state index in [-0.39, 0.29) is 19.7 Å². The highest BCUT2D eigenvalue weighted by molar-refractivity contribution is 5.82. The summed E-state index contributed by atoms with van der Waals surface area (Å²) in [5.74, 6) is -0.425. The molecule has 8 heteroatoms. The Bertz CT molecular complexity index is 473. The molecule has 1 aromatic rings. The van der Waals surface area contributed by atoms with E-state index >= 15 is 0 Å². The third-order valence-corrected chi connectivity index (χ3v) is 2.77. The van der Waals surface area contributed by atoms with Crippen LogP contribution in [0.5, 0.6) is 0 Å². The Morgan fingerprint density at radius 1 is 1.63 bits per heavy atom. The summed E-state index contributed by atoms with van der Waals surface area (Å²) < 4.78 is 9.93. The molecule has 0 aromatic carbocycles. The first-order chi connectivity index (χ1) is 9.08. The van der Waals surface area contributed by atoms with Crippen molar-refractivity contribution in [2.24, 2.45) is 0 Å². The molecule has 2 heterocycles. The zero-order chi connectivity index (χ0) is 13.8. The second-order valence-corrected chi connectivity index (χ2v) is 4.21. The van der Waals surface area contributed by atoms with E-state index in [1.54, 1.807) is 13.0 Å². The molecule has 0 saturated carbocycles. The summed E-state index contributed by atoms with van der Waals surface area (Å²) in [6.07, 6.45) is 0. The Morgan fingerprint density at radius 2 is 2.42 bits per heavy atom. The summed E-state index contributed by atoms with van der Waals surface area (Å²) >= 11 is 0. The molecule has 0 aliphatic carbocycles. The fourth-order valence-electron chi connectivity index (χ4n) is 1.82. The van der Waals surface area contributed by atoms with E-state index in [2.05, 4.69) is 10.5 Å². The highest BCUT2D eigenvalue weighted by Crippen LogP contribution is 2.08. The van der Waals surface area contributed by atoms with Gasteiger partial charge in [0.05, 0.1) is 19.8 Å². The van der Waals surface area contributed by atoms with Crippen LogP contribution in [0.3, 0.4) is 0 Å². The number of rotatable bonds is 3. The van der Waals surface area contributed by atoms with Crippen LogP contribution in [-0.4, -0.2) is 53.0 Å². The molecule has 0 spiro atoms. The Kier molecular flexibility index (Phi) is 4.00. The molecule has 8 nitrogen and oxygen atoms in total. The lowest BCUT2D eigenvalue weighted by Gasteiger charge is -2.32. The monoisotopic (exact) mass is 269 g/mol. The van der Waals surface area contributed by atoms with Crippen molar-refractivity contribution < 1.29 is 24.0 Å². The minimum absolute atomic E-state index is 0.00578. The number of hydrogen-bond acceptors (Lipinski definition) is 5. The highest BCUT2D eigenvalue weighted by Gasteiger charge is 2.32. The molecule has 1 atom stereocenters. The molecule has 2 rings (SSSR count). The number of urea groups is 1. The van der Waals surface area contributed by atoms with Gasteiger partial charge in [-0.15, -0.1) is 0 Å². The normalized spacial score (nSPS) is 19.2. The lowest BCUT2D eigenvalue weighted by Crippen LogP contribution is -2.55. The number of nitrogens with one attached hydrogen (secondary N) is 1. The highest BCUT2D eigenvalue weighted by atomic mass is 16.5. The van der Waals surface area contributed by atoms with Crippen molar-refractivity contribution in [3.8, 4) is 0 Å². The summed E-state index contributed by atoms with van der Waals surface area (Å²) in [6.45, 7) is 2.54. The minimum Gasteiger partial charge on any atom is -0.480 e. The van der Waals surface area contributed by atoms with Crippen molar-refractivity contribution in [1.29, 1.82) is 0 Å². The summed E-state index contributed by atoms with van der Waals surface area (Å²) in [5, 5.41) is 15.4. The standard InChI is InChI=1S/C11H15N3O5/c1-7-4-8(13-19-7)5-12-11(17)14-2-3-18-6-9(14)10(15)16/h4,9H,2-3,5-6H2,1H3,(H,12,17)(H,15,16). The van der Waals surface area contributed by atoms with Crippen LogP contribution in [-0.2, 0) is 16.1 Å². The molecule has 1 aromatic heterocycles. The Morgan fingerprint density at radius 3 is 3.05 bits per heavy atom. The summed E-state index contributed by atoms with van der Waals surface area (Å²) in [5.41, 5.74) is 0.589. The van der Waals surface area contributed by atoms with Gasteiger partial charge in [0.25, 0.3) is 0 Å². The maximum Gasteiger partial charge on any atom is 0.328 e. The van der Waals surface area contributed by atoms with Gasteiger partial charge >= 0.3 is 12.0 Å². The van der Waals surface area contributed by atoms with Crippen molar-refractivity contribution in [3.05, 3.63) is 17.5 Å². The van der Waals surface area contributed by atoms with Crippen LogP contribution in [0, 0.1) is 6.92 Å². The van der Waals surface area contributed by atoms with Crippen molar-refractivity contribution in [2.75, 3.05) is 19.8 Å². The second kappa shape index (κ2) is 5.70. The van der Waals surface area contributed by atoms with Gasteiger partial charge in [-0.05, 0) is 6.92 Å². The smallest absolute Gasteiger partial charge is 0.328 e. The number of amides is 2. The minimum atomic E-state index is -1.08. The van der Waals surface area contributed by atoms with Gasteiger partial charge < -0.3 is 24.6 Å². The molecule has 1 aliphatic heterocycles. The maximum absolute atomic E-state index is 11.9. The first kappa shape index (κ1) is 13.3. The van der Waals surface area contributed by atoms with Gasteiger partial charge in [-0.1, -0.05) is 5.16 Å². The number of carbonyl (C=O) groups is 2. The Hall–Kier alpha value is -2.09. The van der Waals surface area contributed by atoms with Gasteiger partial charge in [0.1, 0.15) is 11.5 Å². The van der Waals surface area contributed by atoms with Gasteiger partial charge in [0, 0.05) is 12.6 Å². The number of carboxylic acid groups (broad SMARTS) is 1. The molecule has 1 unspecified atom stereocenters. The average Bonchev–Trinajstić information content (AvgIpc) is 2.81. The molecular weight excluding hydrogens is 254 g/mol. The van der Waals surface area contributed by atoms with Crippen molar-refractivity contribution in [2.45, 2.75) is 19.5 Å². The molecule has 0 bridgehead atoms. The van der Waals surface area contributed by atoms with Crippen LogP contribution in [0.25, 0.3) is 0 Å². The lowest BCUT2D eigenvalue weighted by molar-refractivity contribution is -0.147. The van der Waals surface area contributed by atoms with E-state index in [0.717, 1.165) is 0 Å². The molecular formula is C11H15N3O5. The summed E-state index contributed by atoms with van der Waals surface area (Å²) in [4.78, 5) is 24.2. The number of hydrogen-bond donors (Lipinski definition) is 2. The quantitative estimate of drug-likeness (QED) is 0.798. The summed E-state index contributed by atoms with van der Waals surface area (Å²) in [7, 11) is 0. The third-order valence-electron chi connectivity index (χ3n) is 2.77. The molecule has 2 amide bonds. The molecule has 2 N–H and O–H groups in total. The number of carbonyl (C=O) groups excluding carboxylic acids is 1. The van der Waals surface area contributed by atoms with Gasteiger partial charge in [-0.2, -0.15) is 0 Å². The topological polar surface area (TPSA) is 105 Å². The van der Waals surface area contributed by atoms with Crippen LogP contribution >= 0.6 is 0 Å². The van der Waals surface area contributed by atoms with E-state index in [9.17, 15) is 9.59 Å².